The zero-order valence-corrected chi connectivity index (χ0v) is 9.30. The lowest BCUT2D eigenvalue weighted by Gasteiger charge is -2.03. The van der Waals surface area contributed by atoms with E-state index in [9.17, 15) is 0 Å². The summed E-state index contributed by atoms with van der Waals surface area (Å²) in [4.78, 5) is 3.93. The molecule has 1 rings (SSSR count). The van der Waals surface area contributed by atoms with Gasteiger partial charge in [-0.05, 0) is 25.5 Å². The van der Waals surface area contributed by atoms with E-state index in [1.807, 2.05) is 6.07 Å². The van der Waals surface area contributed by atoms with Crippen LogP contribution in [0.1, 0.15) is 19.4 Å². The van der Waals surface area contributed by atoms with Crippen LogP contribution in [-0.4, -0.2) is 11.5 Å². The summed E-state index contributed by atoms with van der Waals surface area (Å²) in [5.74, 6) is 0. The molecule has 0 atom stereocenters. The summed E-state index contributed by atoms with van der Waals surface area (Å²) in [6.07, 6.45) is 5.57. The van der Waals surface area contributed by atoms with Crippen LogP contribution in [0.5, 0.6) is 0 Å². The molecule has 76 valence electrons. The molecule has 0 aliphatic heterocycles. The predicted molar refractivity (Wildman–Crippen MR) is 60.4 cm³/mol. The Morgan fingerprint density at radius 1 is 1.57 bits per heavy atom. The van der Waals surface area contributed by atoms with Crippen molar-refractivity contribution in [3.8, 4) is 0 Å². The molecule has 0 aliphatic rings. The minimum absolute atomic E-state index is 0.720. The van der Waals surface area contributed by atoms with Gasteiger partial charge in [0.2, 0.25) is 0 Å². The molecule has 0 saturated heterocycles. The smallest absolute Gasteiger partial charge is 0.0634 e. The molecule has 1 heterocycles. The SMILES string of the molecule is CC(C)=CCNCc1ccncc1Cl. The van der Waals surface area contributed by atoms with Crippen molar-refractivity contribution in [2.45, 2.75) is 20.4 Å². The Balaban J connectivity index is 2.39. The van der Waals surface area contributed by atoms with Gasteiger partial charge in [-0.2, -0.15) is 0 Å². The number of aromatic nitrogens is 1. The molecule has 0 amide bonds. The average molecular weight is 211 g/mol. The predicted octanol–water partition coefficient (Wildman–Crippen LogP) is 2.79. The Morgan fingerprint density at radius 2 is 2.36 bits per heavy atom. The molecule has 1 aromatic rings. The number of nitrogens with one attached hydrogen (secondary N) is 1. The second kappa shape index (κ2) is 5.78. The normalized spacial score (nSPS) is 9.93. The van der Waals surface area contributed by atoms with Crippen molar-refractivity contribution in [1.82, 2.24) is 10.3 Å². The van der Waals surface area contributed by atoms with E-state index in [1.165, 1.54) is 5.57 Å². The minimum Gasteiger partial charge on any atom is -0.309 e. The molecule has 0 bridgehead atoms. The number of hydrogen-bond acceptors (Lipinski definition) is 2. The maximum absolute atomic E-state index is 5.95. The first-order valence-corrected chi connectivity index (χ1v) is 5.00. The van der Waals surface area contributed by atoms with Crippen molar-refractivity contribution in [3.05, 3.63) is 40.7 Å². The highest BCUT2D eigenvalue weighted by Gasteiger charge is 1.96. The highest BCUT2D eigenvalue weighted by molar-refractivity contribution is 6.31. The summed E-state index contributed by atoms with van der Waals surface area (Å²) >= 11 is 5.95. The van der Waals surface area contributed by atoms with Crippen LogP contribution in [0.15, 0.2) is 30.1 Å². The van der Waals surface area contributed by atoms with Crippen molar-refractivity contribution in [2.75, 3.05) is 6.54 Å². The van der Waals surface area contributed by atoms with Crippen molar-refractivity contribution >= 4 is 11.6 Å². The van der Waals surface area contributed by atoms with Crippen molar-refractivity contribution in [2.24, 2.45) is 0 Å². The Kier molecular flexibility index (Phi) is 4.63. The van der Waals surface area contributed by atoms with Gasteiger partial charge in [0, 0.05) is 25.5 Å². The zero-order chi connectivity index (χ0) is 10.4. The van der Waals surface area contributed by atoms with Crippen LogP contribution in [-0.2, 0) is 6.54 Å². The van der Waals surface area contributed by atoms with E-state index in [1.54, 1.807) is 12.4 Å². The number of hydrogen-bond donors (Lipinski definition) is 1. The minimum atomic E-state index is 0.720. The maximum atomic E-state index is 5.95. The molecule has 0 fully saturated rings. The van der Waals surface area contributed by atoms with E-state index in [0.29, 0.717) is 0 Å². The van der Waals surface area contributed by atoms with Crippen LogP contribution in [0, 0.1) is 0 Å². The molecule has 0 radical (unpaired) electrons. The summed E-state index contributed by atoms with van der Waals surface area (Å²) in [6, 6.07) is 1.93. The van der Waals surface area contributed by atoms with Gasteiger partial charge >= 0.3 is 0 Å². The fourth-order valence-electron chi connectivity index (χ4n) is 1.03. The summed E-state index contributed by atoms with van der Waals surface area (Å²) < 4.78 is 0. The van der Waals surface area contributed by atoms with Gasteiger partial charge in [0.15, 0.2) is 0 Å². The molecule has 0 spiro atoms. The molecule has 14 heavy (non-hydrogen) atoms. The van der Waals surface area contributed by atoms with E-state index in [2.05, 4.69) is 30.2 Å². The third-order valence-corrected chi connectivity index (χ3v) is 2.17. The second-order valence-electron chi connectivity index (χ2n) is 3.38. The summed E-state index contributed by atoms with van der Waals surface area (Å²) in [7, 11) is 0. The maximum Gasteiger partial charge on any atom is 0.0634 e. The molecule has 1 N–H and O–H groups in total. The lowest BCUT2D eigenvalue weighted by Crippen LogP contribution is -2.13. The Labute approximate surface area is 90.0 Å². The highest BCUT2D eigenvalue weighted by Crippen LogP contribution is 2.12. The largest absolute Gasteiger partial charge is 0.309 e. The van der Waals surface area contributed by atoms with Crippen molar-refractivity contribution in [3.63, 3.8) is 0 Å². The van der Waals surface area contributed by atoms with Gasteiger partial charge in [-0.1, -0.05) is 23.3 Å². The number of allylic oxidation sites excluding steroid dienone is 1. The number of pyridine rings is 1. The number of rotatable bonds is 4. The Bertz CT molecular complexity index is 317. The fourth-order valence-corrected chi connectivity index (χ4v) is 1.22. The van der Waals surface area contributed by atoms with Crippen LogP contribution in [0.3, 0.4) is 0 Å². The lowest BCUT2D eigenvalue weighted by atomic mass is 10.2. The Morgan fingerprint density at radius 3 is 3.00 bits per heavy atom. The van der Waals surface area contributed by atoms with Gasteiger partial charge in [0.25, 0.3) is 0 Å². The fraction of sp³-hybridized carbons (Fsp3) is 0.364. The summed E-state index contributed by atoms with van der Waals surface area (Å²) in [5.41, 5.74) is 2.40. The lowest BCUT2D eigenvalue weighted by molar-refractivity contribution is 0.756. The second-order valence-corrected chi connectivity index (χ2v) is 3.79. The molecule has 0 aromatic carbocycles. The third kappa shape index (κ3) is 3.90. The van der Waals surface area contributed by atoms with E-state index >= 15 is 0 Å². The average Bonchev–Trinajstić information content (AvgIpc) is 2.15. The standard InChI is InChI=1S/C11H15ClN2/c1-9(2)3-5-13-7-10-4-6-14-8-11(10)12/h3-4,6,8,13H,5,7H2,1-2H3. The van der Waals surface area contributed by atoms with Crippen LogP contribution < -0.4 is 5.32 Å². The van der Waals surface area contributed by atoms with E-state index in [0.717, 1.165) is 23.7 Å². The summed E-state index contributed by atoms with van der Waals surface area (Å²) in [5, 5.41) is 4.00. The van der Waals surface area contributed by atoms with Gasteiger partial charge < -0.3 is 5.32 Å². The van der Waals surface area contributed by atoms with Gasteiger partial charge in [-0.3, -0.25) is 4.98 Å². The van der Waals surface area contributed by atoms with E-state index in [-0.39, 0.29) is 0 Å². The molecule has 0 unspecified atom stereocenters. The van der Waals surface area contributed by atoms with Gasteiger partial charge in [-0.25, -0.2) is 0 Å². The molecule has 3 heteroatoms. The highest BCUT2D eigenvalue weighted by atomic mass is 35.5. The molecular formula is C11H15ClN2. The molecule has 2 nitrogen and oxygen atoms in total. The van der Waals surface area contributed by atoms with Crippen LogP contribution in [0.25, 0.3) is 0 Å². The molecular weight excluding hydrogens is 196 g/mol. The van der Waals surface area contributed by atoms with Gasteiger partial charge in [-0.15, -0.1) is 0 Å². The van der Waals surface area contributed by atoms with Crippen LogP contribution in [0.2, 0.25) is 5.02 Å². The molecule has 0 saturated carbocycles. The first-order valence-electron chi connectivity index (χ1n) is 4.62. The number of nitrogens with zero attached hydrogens (tertiary/aromatic N) is 1. The first-order chi connectivity index (χ1) is 6.70. The zero-order valence-electron chi connectivity index (χ0n) is 8.55. The summed E-state index contributed by atoms with van der Waals surface area (Å²) in [6.45, 7) is 5.83. The van der Waals surface area contributed by atoms with E-state index < -0.39 is 0 Å². The van der Waals surface area contributed by atoms with Gasteiger partial charge in [0.05, 0.1) is 5.02 Å². The number of halogens is 1. The topological polar surface area (TPSA) is 24.9 Å². The van der Waals surface area contributed by atoms with E-state index in [4.69, 9.17) is 11.6 Å². The molecule has 1 aromatic heterocycles. The van der Waals surface area contributed by atoms with Gasteiger partial charge in [0.1, 0.15) is 0 Å². The first kappa shape index (κ1) is 11.2. The third-order valence-electron chi connectivity index (χ3n) is 1.83. The Hall–Kier alpha value is -0.860. The molecule has 0 aliphatic carbocycles. The van der Waals surface area contributed by atoms with Crippen molar-refractivity contribution in [1.29, 1.82) is 0 Å². The van der Waals surface area contributed by atoms with Crippen LogP contribution in [0.4, 0.5) is 0 Å². The quantitative estimate of drug-likeness (QED) is 0.611. The van der Waals surface area contributed by atoms with Crippen molar-refractivity contribution < 1.29 is 0 Å². The monoisotopic (exact) mass is 210 g/mol. The van der Waals surface area contributed by atoms with Crippen LogP contribution >= 0.6 is 11.6 Å².